The highest BCUT2D eigenvalue weighted by Gasteiger charge is 2.18. The normalized spacial score (nSPS) is 11.4. The number of benzene rings is 3. The number of halogens is 2. The molecule has 0 spiro atoms. The first-order valence-electron chi connectivity index (χ1n) is 11.1. The number of aromatic nitrogens is 3. The molecule has 0 atom stereocenters. The molecule has 0 unspecified atom stereocenters. The molecule has 0 aliphatic carbocycles. The SMILES string of the molecule is Cc1cc(C=C(c2nc3ccccc3s2)c2nc3ccccc3s2)c(C)n1-c1cc(Cl)ccc1Cl. The summed E-state index contributed by atoms with van der Waals surface area (Å²) in [4.78, 5) is 9.94. The number of nitrogens with zero attached hydrogens (tertiary/aromatic N) is 3. The first kappa shape index (κ1) is 22.5. The van der Waals surface area contributed by atoms with Crippen LogP contribution in [0.25, 0.3) is 37.8 Å². The van der Waals surface area contributed by atoms with Crippen molar-refractivity contribution in [3.63, 3.8) is 0 Å². The van der Waals surface area contributed by atoms with Crippen LogP contribution in [0, 0.1) is 13.8 Å². The van der Waals surface area contributed by atoms with Crippen LogP contribution >= 0.6 is 45.9 Å². The summed E-state index contributed by atoms with van der Waals surface area (Å²) in [7, 11) is 0. The van der Waals surface area contributed by atoms with Crippen molar-refractivity contribution in [3.05, 3.63) is 110 Å². The monoisotopic (exact) mass is 531 g/mol. The van der Waals surface area contributed by atoms with Crippen molar-refractivity contribution in [1.82, 2.24) is 14.5 Å². The minimum absolute atomic E-state index is 0.652. The van der Waals surface area contributed by atoms with E-state index >= 15 is 0 Å². The lowest BCUT2D eigenvalue weighted by Crippen LogP contribution is -2.00. The zero-order valence-corrected chi connectivity index (χ0v) is 22.1. The standard InChI is InChI=1S/C28H19Cl2N3S2/c1-16-13-18(17(2)33(16)24-15-19(29)11-12-21(24)30)14-20(27-31-22-7-3-5-9-25(22)34-27)28-32-23-8-4-6-10-26(23)35-28/h3-15H,1-2H3. The molecule has 0 aliphatic heterocycles. The fourth-order valence-corrected chi connectivity index (χ4v) is 6.71. The molecule has 172 valence electrons. The number of hydrogen-bond acceptors (Lipinski definition) is 4. The van der Waals surface area contributed by atoms with Crippen LogP contribution in [0.15, 0.2) is 72.8 Å². The molecule has 0 radical (unpaired) electrons. The number of para-hydroxylation sites is 2. The Hall–Kier alpha value is -2.96. The van der Waals surface area contributed by atoms with Crippen LogP contribution in [0.1, 0.15) is 27.0 Å². The van der Waals surface area contributed by atoms with Crippen molar-refractivity contribution >= 4 is 78.0 Å². The Bertz CT molecular complexity index is 1620. The van der Waals surface area contributed by atoms with Gasteiger partial charge in [0.1, 0.15) is 10.0 Å². The van der Waals surface area contributed by atoms with Gasteiger partial charge in [-0.3, -0.25) is 0 Å². The summed E-state index contributed by atoms with van der Waals surface area (Å²) in [6, 6.07) is 24.2. The van der Waals surface area contributed by atoms with E-state index in [1.807, 2.05) is 36.4 Å². The number of fused-ring (bicyclic) bond motifs is 2. The Labute approximate surface area is 220 Å². The van der Waals surface area contributed by atoms with Gasteiger partial charge >= 0.3 is 0 Å². The summed E-state index contributed by atoms with van der Waals surface area (Å²) in [6.07, 6.45) is 2.20. The minimum atomic E-state index is 0.652. The molecule has 6 rings (SSSR count). The average molecular weight is 533 g/mol. The topological polar surface area (TPSA) is 30.7 Å². The Morgan fingerprint density at radius 1 is 0.800 bits per heavy atom. The Morgan fingerprint density at radius 2 is 1.40 bits per heavy atom. The lowest BCUT2D eigenvalue weighted by molar-refractivity contribution is 0.965. The molecule has 3 aromatic carbocycles. The van der Waals surface area contributed by atoms with E-state index in [4.69, 9.17) is 33.2 Å². The summed E-state index contributed by atoms with van der Waals surface area (Å²) in [5.74, 6) is 0. The highest BCUT2D eigenvalue weighted by atomic mass is 35.5. The van der Waals surface area contributed by atoms with E-state index < -0.39 is 0 Å². The minimum Gasteiger partial charge on any atom is -0.316 e. The smallest absolute Gasteiger partial charge is 0.127 e. The molecular weight excluding hydrogens is 513 g/mol. The molecule has 35 heavy (non-hydrogen) atoms. The van der Waals surface area contributed by atoms with E-state index in [9.17, 15) is 0 Å². The van der Waals surface area contributed by atoms with Gasteiger partial charge in [0.25, 0.3) is 0 Å². The van der Waals surface area contributed by atoms with Crippen molar-refractivity contribution in [1.29, 1.82) is 0 Å². The predicted octanol–water partition coefficient (Wildman–Crippen LogP) is 9.21. The van der Waals surface area contributed by atoms with Crippen LogP contribution in [0.2, 0.25) is 10.0 Å². The maximum absolute atomic E-state index is 6.56. The van der Waals surface area contributed by atoms with Gasteiger partial charge in [-0.05, 0) is 74.0 Å². The van der Waals surface area contributed by atoms with Crippen LogP contribution in [-0.2, 0) is 0 Å². The van der Waals surface area contributed by atoms with Crippen LogP contribution < -0.4 is 0 Å². The average Bonchev–Trinajstić information content (AvgIpc) is 3.54. The zero-order chi connectivity index (χ0) is 24.1. The van der Waals surface area contributed by atoms with E-state index in [0.717, 1.165) is 58.7 Å². The molecular formula is C28H19Cl2N3S2. The number of aryl methyl sites for hydroxylation is 1. The first-order chi connectivity index (χ1) is 17.0. The quantitative estimate of drug-likeness (QED) is 0.227. The molecule has 0 amide bonds. The predicted molar refractivity (Wildman–Crippen MR) is 151 cm³/mol. The summed E-state index contributed by atoms with van der Waals surface area (Å²) in [5, 5.41) is 3.22. The van der Waals surface area contributed by atoms with Crippen LogP contribution in [0.3, 0.4) is 0 Å². The highest BCUT2D eigenvalue weighted by molar-refractivity contribution is 7.22. The largest absolute Gasteiger partial charge is 0.316 e. The van der Waals surface area contributed by atoms with Crippen molar-refractivity contribution in [2.75, 3.05) is 0 Å². The van der Waals surface area contributed by atoms with E-state index in [1.165, 1.54) is 0 Å². The van der Waals surface area contributed by atoms with Crippen LogP contribution in [0.5, 0.6) is 0 Å². The molecule has 3 aromatic heterocycles. The number of thiazole rings is 2. The van der Waals surface area contributed by atoms with Crippen LogP contribution in [0.4, 0.5) is 0 Å². The van der Waals surface area contributed by atoms with Gasteiger partial charge in [-0.2, -0.15) is 0 Å². The van der Waals surface area contributed by atoms with Gasteiger partial charge in [-0.15, -0.1) is 22.7 Å². The van der Waals surface area contributed by atoms with Crippen molar-refractivity contribution in [3.8, 4) is 5.69 Å². The lowest BCUT2D eigenvalue weighted by atomic mass is 10.1. The van der Waals surface area contributed by atoms with Crippen LogP contribution in [-0.4, -0.2) is 14.5 Å². The Balaban J connectivity index is 1.57. The molecule has 0 N–H and O–H groups in total. The molecule has 7 heteroatoms. The number of hydrogen-bond donors (Lipinski definition) is 0. The molecule has 0 aliphatic rings. The van der Waals surface area contributed by atoms with E-state index in [2.05, 4.69) is 54.8 Å². The molecule has 0 fully saturated rings. The van der Waals surface area contributed by atoms with Gasteiger partial charge in [0, 0.05) is 22.0 Å². The van der Waals surface area contributed by atoms with E-state index in [1.54, 1.807) is 28.7 Å². The fraction of sp³-hybridized carbons (Fsp3) is 0.0714. The third kappa shape index (κ3) is 4.09. The van der Waals surface area contributed by atoms with Gasteiger partial charge in [-0.1, -0.05) is 47.5 Å². The molecule has 3 nitrogen and oxygen atoms in total. The lowest BCUT2D eigenvalue weighted by Gasteiger charge is -2.12. The fourth-order valence-electron chi connectivity index (χ4n) is 4.31. The van der Waals surface area contributed by atoms with Crippen molar-refractivity contribution in [2.24, 2.45) is 0 Å². The zero-order valence-electron chi connectivity index (χ0n) is 18.9. The van der Waals surface area contributed by atoms with Gasteiger partial charge in [0.05, 0.1) is 31.1 Å². The second-order valence-electron chi connectivity index (χ2n) is 8.29. The molecule has 0 saturated heterocycles. The molecule has 3 heterocycles. The Morgan fingerprint density at radius 3 is 2.00 bits per heavy atom. The second kappa shape index (κ2) is 8.92. The van der Waals surface area contributed by atoms with Gasteiger partial charge < -0.3 is 4.57 Å². The first-order valence-corrected chi connectivity index (χ1v) is 13.4. The number of rotatable bonds is 4. The summed E-state index contributed by atoms with van der Waals surface area (Å²) < 4.78 is 4.46. The molecule has 6 aromatic rings. The summed E-state index contributed by atoms with van der Waals surface area (Å²) >= 11 is 16.2. The summed E-state index contributed by atoms with van der Waals surface area (Å²) in [5.41, 5.74) is 7.12. The van der Waals surface area contributed by atoms with Gasteiger partial charge in [-0.25, -0.2) is 9.97 Å². The van der Waals surface area contributed by atoms with E-state index in [-0.39, 0.29) is 0 Å². The Kier molecular flexibility index (Phi) is 5.73. The third-order valence-corrected chi connectivity index (χ3v) is 8.66. The van der Waals surface area contributed by atoms with E-state index in [0.29, 0.717) is 10.0 Å². The second-order valence-corrected chi connectivity index (χ2v) is 11.2. The third-order valence-electron chi connectivity index (χ3n) is 5.97. The molecule has 0 saturated carbocycles. The van der Waals surface area contributed by atoms with Crippen molar-refractivity contribution < 1.29 is 0 Å². The molecule has 0 bridgehead atoms. The summed E-state index contributed by atoms with van der Waals surface area (Å²) in [6.45, 7) is 4.18. The van der Waals surface area contributed by atoms with Crippen molar-refractivity contribution in [2.45, 2.75) is 13.8 Å². The van der Waals surface area contributed by atoms with Gasteiger partial charge in [0.2, 0.25) is 0 Å². The van der Waals surface area contributed by atoms with Gasteiger partial charge in [0.15, 0.2) is 0 Å². The highest BCUT2D eigenvalue weighted by Crippen LogP contribution is 2.38. The maximum atomic E-state index is 6.56. The maximum Gasteiger partial charge on any atom is 0.127 e.